The number of benzene rings is 1. The van der Waals surface area contributed by atoms with Crippen molar-refractivity contribution in [1.82, 2.24) is 0 Å². The Kier molecular flexibility index (Phi) is 4.78. The Morgan fingerprint density at radius 3 is 2.38 bits per heavy atom. The number of aromatic hydroxyl groups is 1. The van der Waals surface area contributed by atoms with Crippen LogP contribution in [0, 0.1) is 0 Å². The standard InChI is InChI=1S/C14H20F2N2O3/c1-13(2,3)21-12(20)18-9-7-8(5-6-10(9)19)14(4,17)11(15)16/h5-7,11,19H,17H2,1-4H3,(H,18,20). The second-order valence-corrected chi connectivity index (χ2v) is 5.94. The summed E-state index contributed by atoms with van der Waals surface area (Å²) in [4.78, 5) is 11.7. The summed E-state index contributed by atoms with van der Waals surface area (Å²) in [5, 5.41) is 12.0. The third kappa shape index (κ3) is 4.56. The van der Waals surface area contributed by atoms with Crippen LogP contribution in [-0.4, -0.2) is 23.2 Å². The third-order valence-corrected chi connectivity index (χ3v) is 2.71. The van der Waals surface area contributed by atoms with Crippen LogP contribution in [0.25, 0.3) is 0 Å². The van der Waals surface area contributed by atoms with Crippen molar-refractivity contribution in [2.24, 2.45) is 5.73 Å². The van der Waals surface area contributed by atoms with Gasteiger partial charge >= 0.3 is 6.09 Å². The molecule has 1 amide bonds. The van der Waals surface area contributed by atoms with Gasteiger partial charge in [0.1, 0.15) is 11.4 Å². The maximum atomic E-state index is 12.9. The lowest BCUT2D eigenvalue weighted by Gasteiger charge is -2.25. The highest BCUT2D eigenvalue weighted by molar-refractivity contribution is 5.87. The monoisotopic (exact) mass is 302 g/mol. The zero-order chi connectivity index (χ0) is 16.4. The van der Waals surface area contributed by atoms with Crippen LogP contribution < -0.4 is 11.1 Å². The highest BCUT2D eigenvalue weighted by Gasteiger charge is 2.33. The van der Waals surface area contributed by atoms with E-state index in [2.05, 4.69) is 5.32 Å². The molecule has 0 saturated heterocycles. The molecule has 0 aliphatic heterocycles. The van der Waals surface area contributed by atoms with Gasteiger partial charge in [0, 0.05) is 0 Å². The lowest BCUT2D eigenvalue weighted by atomic mass is 9.93. The quantitative estimate of drug-likeness (QED) is 0.749. The van der Waals surface area contributed by atoms with E-state index >= 15 is 0 Å². The van der Waals surface area contributed by atoms with Crippen molar-refractivity contribution < 1.29 is 23.4 Å². The minimum Gasteiger partial charge on any atom is -0.506 e. The van der Waals surface area contributed by atoms with E-state index in [4.69, 9.17) is 10.5 Å². The van der Waals surface area contributed by atoms with Gasteiger partial charge in [-0.05, 0) is 45.4 Å². The fraction of sp³-hybridized carbons (Fsp3) is 0.500. The van der Waals surface area contributed by atoms with Crippen molar-refractivity contribution in [3.05, 3.63) is 23.8 Å². The molecule has 0 radical (unpaired) electrons. The van der Waals surface area contributed by atoms with Crippen LogP contribution in [0.1, 0.15) is 33.3 Å². The second kappa shape index (κ2) is 5.85. The van der Waals surface area contributed by atoms with E-state index < -0.39 is 23.7 Å². The molecular weight excluding hydrogens is 282 g/mol. The van der Waals surface area contributed by atoms with Gasteiger partial charge in [-0.25, -0.2) is 13.6 Å². The zero-order valence-corrected chi connectivity index (χ0v) is 12.4. The maximum absolute atomic E-state index is 12.9. The SMILES string of the molecule is CC(C)(C)OC(=O)Nc1cc(C(C)(N)C(F)F)ccc1O. The lowest BCUT2D eigenvalue weighted by molar-refractivity contribution is 0.0625. The molecule has 7 heteroatoms. The summed E-state index contributed by atoms with van der Waals surface area (Å²) in [7, 11) is 0. The van der Waals surface area contributed by atoms with Crippen molar-refractivity contribution in [2.75, 3.05) is 5.32 Å². The highest BCUT2D eigenvalue weighted by Crippen LogP contribution is 2.32. The number of phenols is 1. The zero-order valence-electron chi connectivity index (χ0n) is 12.4. The van der Waals surface area contributed by atoms with E-state index in [-0.39, 0.29) is 17.0 Å². The van der Waals surface area contributed by atoms with Crippen LogP contribution in [0.3, 0.4) is 0 Å². The molecule has 21 heavy (non-hydrogen) atoms. The molecule has 0 aliphatic rings. The maximum Gasteiger partial charge on any atom is 0.412 e. The number of rotatable bonds is 3. The first kappa shape index (κ1) is 17.2. The number of ether oxygens (including phenoxy) is 1. The fourth-order valence-electron chi connectivity index (χ4n) is 1.51. The van der Waals surface area contributed by atoms with Crippen molar-refractivity contribution in [3.63, 3.8) is 0 Å². The normalized spacial score (nSPS) is 14.7. The summed E-state index contributed by atoms with van der Waals surface area (Å²) < 4.78 is 30.9. The number of alkyl halides is 2. The molecule has 1 aromatic carbocycles. The molecule has 0 aromatic heterocycles. The molecule has 0 saturated carbocycles. The molecule has 1 aromatic rings. The molecule has 0 heterocycles. The van der Waals surface area contributed by atoms with Crippen LogP contribution in [0.4, 0.5) is 19.3 Å². The lowest BCUT2D eigenvalue weighted by Crippen LogP contribution is -2.40. The van der Waals surface area contributed by atoms with E-state index in [1.54, 1.807) is 20.8 Å². The molecular formula is C14H20F2N2O3. The first-order chi connectivity index (χ1) is 9.43. The van der Waals surface area contributed by atoms with Crippen molar-refractivity contribution in [3.8, 4) is 5.75 Å². The molecule has 1 atom stereocenters. The average molecular weight is 302 g/mol. The van der Waals surface area contributed by atoms with Crippen LogP contribution in [-0.2, 0) is 10.3 Å². The van der Waals surface area contributed by atoms with E-state index in [9.17, 15) is 18.7 Å². The van der Waals surface area contributed by atoms with Gasteiger partial charge in [-0.2, -0.15) is 0 Å². The summed E-state index contributed by atoms with van der Waals surface area (Å²) in [6.45, 7) is 6.20. The van der Waals surface area contributed by atoms with E-state index in [0.717, 1.165) is 0 Å². The Morgan fingerprint density at radius 1 is 1.33 bits per heavy atom. The van der Waals surface area contributed by atoms with Gasteiger partial charge in [0.05, 0.1) is 11.2 Å². The Balaban J connectivity index is 3.01. The molecule has 0 spiro atoms. The summed E-state index contributed by atoms with van der Waals surface area (Å²) in [6, 6.07) is 3.67. The first-order valence-corrected chi connectivity index (χ1v) is 6.34. The summed E-state index contributed by atoms with van der Waals surface area (Å²) in [5.41, 5.74) is 2.99. The topological polar surface area (TPSA) is 84.6 Å². The minimum absolute atomic E-state index is 0.0425. The molecule has 118 valence electrons. The van der Waals surface area contributed by atoms with Gasteiger partial charge in [0.25, 0.3) is 6.43 Å². The van der Waals surface area contributed by atoms with Gasteiger partial charge in [0.2, 0.25) is 0 Å². The molecule has 1 unspecified atom stereocenters. The third-order valence-electron chi connectivity index (χ3n) is 2.71. The molecule has 0 bridgehead atoms. The Bertz CT molecular complexity index is 525. The van der Waals surface area contributed by atoms with Crippen molar-refractivity contribution >= 4 is 11.8 Å². The number of nitrogens with two attached hydrogens (primary N) is 1. The molecule has 4 N–H and O–H groups in total. The van der Waals surface area contributed by atoms with Gasteiger partial charge in [-0.3, -0.25) is 5.32 Å². The molecule has 0 aliphatic carbocycles. The van der Waals surface area contributed by atoms with E-state index in [1.165, 1.54) is 25.1 Å². The Morgan fingerprint density at radius 2 is 1.90 bits per heavy atom. The average Bonchev–Trinajstić information content (AvgIpc) is 2.29. The number of nitrogens with one attached hydrogen (secondary N) is 1. The largest absolute Gasteiger partial charge is 0.506 e. The molecule has 0 fully saturated rings. The molecule has 5 nitrogen and oxygen atoms in total. The number of halogens is 2. The van der Waals surface area contributed by atoms with Gasteiger partial charge in [-0.1, -0.05) is 6.07 Å². The number of hydrogen-bond acceptors (Lipinski definition) is 4. The highest BCUT2D eigenvalue weighted by atomic mass is 19.3. The Labute approximate surface area is 122 Å². The summed E-state index contributed by atoms with van der Waals surface area (Å²) in [6.07, 6.45) is -3.60. The van der Waals surface area contributed by atoms with E-state index in [1.807, 2.05) is 0 Å². The van der Waals surface area contributed by atoms with Gasteiger partial charge in [0.15, 0.2) is 0 Å². The van der Waals surface area contributed by atoms with E-state index in [0.29, 0.717) is 0 Å². The van der Waals surface area contributed by atoms with Crippen LogP contribution in [0.15, 0.2) is 18.2 Å². The van der Waals surface area contributed by atoms with Crippen LogP contribution >= 0.6 is 0 Å². The number of carbonyl (C=O) groups is 1. The fourth-order valence-corrected chi connectivity index (χ4v) is 1.51. The predicted octanol–water partition coefficient (Wildman–Crippen LogP) is 3.18. The second-order valence-electron chi connectivity index (χ2n) is 5.94. The summed E-state index contributed by atoms with van der Waals surface area (Å²) >= 11 is 0. The summed E-state index contributed by atoms with van der Waals surface area (Å²) in [5.74, 6) is -0.269. The minimum atomic E-state index is -2.79. The number of phenolic OH excluding ortho intramolecular Hbond substituents is 1. The van der Waals surface area contributed by atoms with Crippen LogP contribution in [0.2, 0.25) is 0 Å². The van der Waals surface area contributed by atoms with Crippen molar-refractivity contribution in [1.29, 1.82) is 0 Å². The molecule has 1 rings (SSSR count). The van der Waals surface area contributed by atoms with Gasteiger partial charge in [-0.15, -0.1) is 0 Å². The number of hydrogen-bond donors (Lipinski definition) is 3. The predicted molar refractivity (Wildman–Crippen MR) is 75.5 cm³/mol. The van der Waals surface area contributed by atoms with Crippen LogP contribution in [0.5, 0.6) is 5.75 Å². The smallest absolute Gasteiger partial charge is 0.412 e. The first-order valence-electron chi connectivity index (χ1n) is 6.34. The number of carbonyl (C=O) groups excluding carboxylic acids is 1. The van der Waals surface area contributed by atoms with Crippen molar-refractivity contribution in [2.45, 2.75) is 45.3 Å². The number of anilines is 1. The Hall–Kier alpha value is -1.89. The van der Waals surface area contributed by atoms with Gasteiger partial charge < -0.3 is 15.6 Å². The number of amides is 1.